The van der Waals surface area contributed by atoms with Gasteiger partial charge < -0.3 is 11.1 Å². The summed E-state index contributed by atoms with van der Waals surface area (Å²) in [5, 5.41) is 8.36. The third-order valence-corrected chi connectivity index (χ3v) is 3.29. The lowest BCUT2D eigenvalue weighted by molar-refractivity contribution is 0.103. The fraction of sp³-hybridized carbons (Fsp3) is 0. The van der Waals surface area contributed by atoms with Crippen LogP contribution in [0, 0.1) is 0 Å². The highest BCUT2D eigenvalue weighted by Crippen LogP contribution is 2.21. The summed E-state index contributed by atoms with van der Waals surface area (Å²) in [7, 11) is 0. The molecule has 3 N–H and O–H groups in total. The molecular formula is C9H8N2OS2. The van der Waals surface area contributed by atoms with Crippen molar-refractivity contribution in [3.8, 4) is 0 Å². The van der Waals surface area contributed by atoms with E-state index in [0.717, 1.165) is 5.69 Å². The van der Waals surface area contributed by atoms with Gasteiger partial charge in [-0.05, 0) is 22.9 Å². The van der Waals surface area contributed by atoms with Crippen LogP contribution in [0.15, 0.2) is 28.3 Å². The molecule has 0 bridgehead atoms. The summed E-state index contributed by atoms with van der Waals surface area (Å²) in [4.78, 5) is 12.2. The lowest BCUT2D eigenvalue weighted by atomic mass is 10.3. The molecule has 3 nitrogen and oxygen atoms in total. The molecule has 5 heteroatoms. The van der Waals surface area contributed by atoms with Crippen LogP contribution in [0.4, 0.5) is 11.4 Å². The highest BCUT2D eigenvalue weighted by Gasteiger charge is 2.10. The first kappa shape index (κ1) is 9.23. The van der Waals surface area contributed by atoms with E-state index in [9.17, 15) is 4.79 Å². The molecule has 0 spiro atoms. The fourth-order valence-corrected chi connectivity index (χ4v) is 2.33. The second-order valence-electron chi connectivity index (χ2n) is 2.67. The van der Waals surface area contributed by atoms with Gasteiger partial charge in [-0.15, -0.1) is 11.3 Å². The van der Waals surface area contributed by atoms with Gasteiger partial charge in [0.2, 0.25) is 0 Å². The molecule has 2 aromatic heterocycles. The van der Waals surface area contributed by atoms with Gasteiger partial charge >= 0.3 is 0 Å². The molecule has 0 aliphatic carbocycles. The van der Waals surface area contributed by atoms with Crippen molar-refractivity contribution in [3.63, 3.8) is 0 Å². The molecule has 72 valence electrons. The number of carbonyl (C=O) groups excluding carboxylic acids is 1. The van der Waals surface area contributed by atoms with E-state index in [1.165, 1.54) is 11.3 Å². The van der Waals surface area contributed by atoms with Crippen molar-refractivity contribution in [1.29, 1.82) is 0 Å². The summed E-state index contributed by atoms with van der Waals surface area (Å²) in [5.41, 5.74) is 6.97. The Hall–Kier alpha value is -1.33. The van der Waals surface area contributed by atoms with Gasteiger partial charge in [0, 0.05) is 5.38 Å². The summed E-state index contributed by atoms with van der Waals surface area (Å²) in [6.45, 7) is 0. The lowest BCUT2D eigenvalue weighted by Crippen LogP contribution is -2.11. The maximum absolute atomic E-state index is 11.6. The van der Waals surface area contributed by atoms with Gasteiger partial charge in [0.15, 0.2) is 0 Å². The molecule has 14 heavy (non-hydrogen) atoms. The van der Waals surface area contributed by atoms with E-state index in [2.05, 4.69) is 5.32 Å². The predicted molar refractivity (Wildman–Crippen MR) is 61.0 cm³/mol. The minimum absolute atomic E-state index is 0.143. The van der Waals surface area contributed by atoms with Crippen molar-refractivity contribution in [1.82, 2.24) is 0 Å². The summed E-state index contributed by atoms with van der Waals surface area (Å²) in [5.74, 6) is -0.143. The van der Waals surface area contributed by atoms with Gasteiger partial charge in [0.1, 0.15) is 4.88 Å². The van der Waals surface area contributed by atoms with Crippen molar-refractivity contribution in [3.05, 3.63) is 33.2 Å². The number of nitrogens with one attached hydrogen (secondary N) is 1. The first-order chi connectivity index (χ1) is 6.77. The van der Waals surface area contributed by atoms with Crippen molar-refractivity contribution in [2.24, 2.45) is 0 Å². The Bertz CT molecular complexity index is 433. The van der Waals surface area contributed by atoms with Gasteiger partial charge in [-0.1, -0.05) is 0 Å². The van der Waals surface area contributed by atoms with E-state index in [-0.39, 0.29) is 5.91 Å². The maximum Gasteiger partial charge on any atom is 0.267 e. The third kappa shape index (κ3) is 1.78. The fourth-order valence-electron chi connectivity index (χ4n) is 1.03. The van der Waals surface area contributed by atoms with E-state index in [0.29, 0.717) is 10.6 Å². The van der Waals surface area contributed by atoms with Crippen LogP contribution in [0.1, 0.15) is 9.67 Å². The average molecular weight is 224 g/mol. The number of thiophene rings is 2. The van der Waals surface area contributed by atoms with Gasteiger partial charge in [-0.25, -0.2) is 0 Å². The molecule has 0 saturated carbocycles. The quantitative estimate of drug-likeness (QED) is 0.824. The normalized spacial score (nSPS) is 10.0. The van der Waals surface area contributed by atoms with Crippen LogP contribution < -0.4 is 11.1 Å². The number of nitrogen functional groups attached to an aromatic ring is 1. The van der Waals surface area contributed by atoms with Crippen molar-refractivity contribution in [2.75, 3.05) is 11.1 Å². The minimum Gasteiger partial charge on any atom is -0.397 e. The molecule has 0 aliphatic rings. The number of amides is 1. The first-order valence-corrected chi connectivity index (χ1v) is 5.76. The molecule has 2 aromatic rings. The molecule has 0 atom stereocenters. The van der Waals surface area contributed by atoms with E-state index in [4.69, 9.17) is 5.73 Å². The second-order valence-corrected chi connectivity index (χ2v) is 4.37. The van der Waals surface area contributed by atoms with Crippen LogP contribution in [0.2, 0.25) is 0 Å². The Labute approximate surface area is 89.2 Å². The summed E-state index contributed by atoms with van der Waals surface area (Å²) in [6, 6.07) is 3.58. The summed E-state index contributed by atoms with van der Waals surface area (Å²) < 4.78 is 0. The number of rotatable bonds is 2. The topological polar surface area (TPSA) is 55.1 Å². The van der Waals surface area contributed by atoms with E-state index >= 15 is 0 Å². The van der Waals surface area contributed by atoms with Gasteiger partial charge in [-0.2, -0.15) is 11.3 Å². The van der Waals surface area contributed by atoms with Crippen molar-refractivity contribution < 1.29 is 4.79 Å². The molecular weight excluding hydrogens is 216 g/mol. The maximum atomic E-state index is 11.6. The number of anilines is 2. The molecule has 0 radical (unpaired) electrons. The highest BCUT2D eigenvalue weighted by atomic mass is 32.1. The zero-order valence-corrected chi connectivity index (χ0v) is 8.82. The van der Waals surface area contributed by atoms with Crippen LogP contribution in [0.5, 0.6) is 0 Å². The number of hydrogen-bond donors (Lipinski definition) is 2. The van der Waals surface area contributed by atoms with Gasteiger partial charge in [0.05, 0.1) is 11.4 Å². The van der Waals surface area contributed by atoms with E-state index in [1.807, 2.05) is 16.8 Å². The monoisotopic (exact) mass is 224 g/mol. The second kappa shape index (κ2) is 3.81. The third-order valence-electron chi connectivity index (χ3n) is 1.68. The average Bonchev–Trinajstić information content (AvgIpc) is 2.75. The molecule has 0 saturated heterocycles. The molecule has 0 unspecified atom stereocenters. The minimum atomic E-state index is -0.143. The first-order valence-electron chi connectivity index (χ1n) is 3.94. The number of hydrogen-bond acceptors (Lipinski definition) is 4. The van der Waals surface area contributed by atoms with Crippen LogP contribution in [-0.4, -0.2) is 5.91 Å². The van der Waals surface area contributed by atoms with Gasteiger partial charge in [0.25, 0.3) is 5.91 Å². The largest absolute Gasteiger partial charge is 0.397 e. The number of carbonyl (C=O) groups is 1. The zero-order valence-electron chi connectivity index (χ0n) is 7.19. The zero-order chi connectivity index (χ0) is 9.97. The van der Waals surface area contributed by atoms with E-state index in [1.54, 1.807) is 22.8 Å². The predicted octanol–water partition coefficient (Wildman–Crippen LogP) is 2.64. The van der Waals surface area contributed by atoms with Crippen LogP contribution in [0.3, 0.4) is 0 Å². The number of nitrogens with two attached hydrogens (primary N) is 1. The van der Waals surface area contributed by atoms with Crippen LogP contribution >= 0.6 is 22.7 Å². The molecule has 0 fully saturated rings. The van der Waals surface area contributed by atoms with Crippen molar-refractivity contribution in [2.45, 2.75) is 0 Å². The van der Waals surface area contributed by atoms with Gasteiger partial charge in [-0.3, -0.25) is 4.79 Å². The SMILES string of the molecule is Nc1ccsc1C(=O)Nc1ccsc1. The van der Waals surface area contributed by atoms with Crippen molar-refractivity contribution >= 4 is 40.0 Å². The Morgan fingerprint density at radius 3 is 2.79 bits per heavy atom. The summed E-state index contributed by atoms with van der Waals surface area (Å²) >= 11 is 2.89. The Balaban J connectivity index is 2.14. The Kier molecular flexibility index (Phi) is 2.51. The standard InChI is InChI=1S/C9H8N2OS2/c10-7-2-4-14-8(7)9(12)11-6-1-3-13-5-6/h1-5H,10H2,(H,11,12). The molecule has 2 rings (SSSR count). The molecule has 1 amide bonds. The summed E-state index contributed by atoms with van der Waals surface area (Å²) in [6.07, 6.45) is 0. The molecule has 2 heterocycles. The highest BCUT2D eigenvalue weighted by molar-refractivity contribution is 7.12. The molecule has 0 aromatic carbocycles. The smallest absolute Gasteiger partial charge is 0.267 e. The lowest BCUT2D eigenvalue weighted by Gasteiger charge is -2.00. The Morgan fingerprint density at radius 2 is 2.21 bits per heavy atom. The Morgan fingerprint density at radius 1 is 1.36 bits per heavy atom. The molecule has 0 aliphatic heterocycles. The van der Waals surface area contributed by atoms with Crippen LogP contribution in [-0.2, 0) is 0 Å². The van der Waals surface area contributed by atoms with Crippen LogP contribution in [0.25, 0.3) is 0 Å². The van der Waals surface area contributed by atoms with E-state index < -0.39 is 0 Å².